The molecule has 0 aliphatic carbocycles. The Bertz CT molecular complexity index is 1100. The zero-order valence-electron chi connectivity index (χ0n) is 14.9. The van der Waals surface area contributed by atoms with Gasteiger partial charge in [0.15, 0.2) is 0 Å². The smallest absolute Gasteiger partial charge is 0.278 e. The van der Waals surface area contributed by atoms with Crippen molar-refractivity contribution in [1.82, 2.24) is 13.9 Å². The van der Waals surface area contributed by atoms with E-state index in [0.29, 0.717) is 36.3 Å². The van der Waals surface area contributed by atoms with Gasteiger partial charge in [-0.15, -0.1) is 23.7 Å². The molecule has 0 amide bonds. The molecule has 3 N–H and O–H groups in total. The maximum Gasteiger partial charge on any atom is 0.278 e. The van der Waals surface area contributed by atoms with Crippen LogP contribution in [0.3, 0.4) is 0 Å². The monoisotopic (exact) mass is 428 g/mol. The molecular formula is C17H21ClN4O3S2. The van der Waals surface area contributed by atoms with Crippen LogP contribution in [0.1, 0.15) is 23.9 Å². The van der Waals surface area contributed by atoms with E-state index in [-0.39, 0.29) is 22.2 Å². The van der Waals surface area contributed by atoms with Crippen molar-refractivity contribution in [3.63, 3.8) is 0 Å². The molecule has 146 valence electrons. The number of aromatic amines is 1. The molecule has 3 heterocycles. The zero-order valence-corrected chi connectivity index (χ0v) is 17.4. The quantitative estimate of drug-likeness (QED) is 0.625. The number of hydrogen-bond acceptors (Lipinski definition) is 6. The SMILES string of the molecule is CCc1cc(-c2ccc(S(=O)(=O)n3cnc(CCN)c3)s2)c(C)[nH]c1=O.Cl. The number of nitrogens with one attached hydrogen (secondary N) is 1. The minimum absolute atomic E-state index is 0. The molecule has 0 aliphatic rings. The number of aryl methyl sites for hydroxylation is 2. The second-order valence-electron chi connectivity index (χ2n) is 5.87. The molecule has 0 aromatic carbocycles. The fourth-order valence-corrected chi connectivity index (χ4v) is 5.28. The molecule has 0 atom stereocenters. The van der Waals surface area contributed by atoms with Crippen molar-refractivity contribution in [1.29, 1.82) is 0 Å². The van der Waals surface area contributed by atoms with Gasteiger partial charge < -0.3 is 10.7 Å². The van der Waals surface area contributed by atoms with Crippen LogP contribution in [0.4, 0.5) is 0 Å². The lowest BCUT2D eigenvalue weighted by Crippen LogP contribution is -2.13. The highest BCUT2D eigenvalue weighted by Gasteiger charge is 2.21. The fourth-order valence-electron chi connectivity index (χ4n) is 2.64. The van der Waals surface area contributed by atoms with Gasteiger partial charge in [0.25, 0.3) is 15.6 Å². The third kappa shape index (κ3) is 4.16. The first-order valence-electron chi connectivity index (χ1n) is 8.18. The molecule has 0 saturated heterocycles. The third-order valence-corrected chi connectivity index (χ3v) is 7.28. The van der Waals surface area contributed by atoms with Crippen LogP contribution < -0.4 is 11.3 Å². The Kier molecular flexibility index (Phi) is 6.63. The number of thiophene rings is 1. The highest BCUT2D eigenvalue weighted by atomic mass is 35.5. The molecule has 0 aliphatic heterocycles. The molecule has 0 saturated carbocycles. The van der Waals surface area contributed by atoms with Gasteiger partial charge in [-0.3, -0.25) is 4.79 Å². The van der Waals surface area contributed by atoms with E-state index >= 15 is 0 Å². The van der Waals surface area contributed by atoms with Gasteiger partial charge in [-0.1, -0.05) is 6.92 Å². The van der Waals surface area contributed by atoms with Crippen LogP contribution in [-0.4, -0.2) is 28.9 Å². The third-order valence-electron chi connectivity index (χ3n) is 4.09. The van der Waals surface area contributed by atoms with Crippen molar-refractivity contribution in [2.24, 2.45) is 5.73 Å². The number of nitrogens with two attached hydrogens (primary N) is 1. The Hall–Kier alpha value is -1.94. The van der Waals surface area contributed by atoms with E-state index in [1.54, 1.807) is 19.1 Å². The van der Waals surface area contributed by atoms with E-state index in [2.05, 4.69) is 9.97 Å². The van der Waals surface area contributed by atoms with Gasteiger partial charge in [-0.2, -0.15) is 8.42 Å². The highest BCUT2D eigenvalue weighted by Crippen LogP contribution is 2.33. The van der Waals surface area contributed by atoms with Gasteiger partial charge in [0.05, 0.1) is 5.69 Å². The number of nitrogens with zero attached hydrogens (tertiary/aromatic N) is 2. The summed E-state index contributed by atoms with van der Waals surface area (Å²) >= 11 is 1.17. The van der Waals surface area contributed by atoms with E-state index in [0.717, 1.165) is 14.4 Å². The van der Waals surface area contributed by atoms with Crippen LogP contribution >= 0.6 is 23.7 Å². The standard InChI is InChI=1S/C17H20N4O3S2.ClH/c1-3-12-8-14(11(2)20-17(12)22)15-4-5-16(25-15)26(23,24)21-9-13(6-7-18)19-10-21;/h4-5,8-10H,3,6-7,18H2,1-2H3,(H,20,22);1H. The van der Waals surface area contributed by atoms with Crippen LogP contribution in [0.2, 0.25) is 0 Å². The average molecular weight is 429 g/mol. The maximum atomic E-state index is 12.8. The number of pyridine rings is 1. The number of rotatable bonds is 6. The summed E-state index contributed by atoms with van der Waals surface area (Å²) in [7, 11) is -3.70. The van der Waals surface area contributed by atoms with Gasteiger partial charge in [0.1, 0.15) is 10.5 Å². The first-order chi connectivity index (χ1) is 12.4. The molecule has 0 unspecified atom stereocenters. The van der Waals surface area contributed by atoms with Crippen molar-refractivity contribution < 1.29 is 8.42 Å². The number of imidazole rings is 1. The van der Waals surface area contributed by atoms with E-state index in [9.17, 15) is 13.2 Å². The van der Waals surface area contributed by atoms with Crippen molar-refractivity contribution >= 4 is 33.8 Å². The van der Waals surface area contributed by atoms with Crippen LogP contribution in [0.5, 0.6) is 0 Å². The van der Waals surface area contributed by atoms with Crippen molar-refractivity contribution in [3.05, 3.63) is 58.0 Å². The van der Waals surface area contributed by atoms with E-state index in [4.69, 9.17) is 5.73 Å². The Balaban J connectivity index is 0.00000261. The highest BCUT2D eigenvalue weighted by molar-refractivity contribution is 7.92. The summed E-state index contributed by atoms with van der Waals surface area (Å²) < 4.78 is 26.9. The zero-order chi connectivity index (χ0) is 18.9. The summed E-state index contributed by atoms with van der Waals surface area (Å²) in [5.74, 6) is 0. The van der Waals surface area contributed by atoms with Gasteiger partial charge in [0, 0.05) is 34.3 Å². The van der Waals surface area contributed by atoms with Gasteiger partial charge in [0.2, 0.25) is 0 Å². The number of H-pyrrole nitrogens is 1. The molecule has 3 aromatic rings. The molecule has 3 aromatic heterocycles. The van der Waals surface area contributed by atoms with Crippen molar-refractivity contribution in [2.75, 3.05) is 6.54 Å². The summed E-state index contributed by atoms with van der Waals surface area (Å²) in [5, 5.41) is 0. The molecule has 3 rings (SSSR count). The Morgan fingerprint density at radius 3 is 2.74 bits per heavy atom. The second-order valence-corrected chi connectivity index (χ2v) is 9.03. The van der Waals surface area contributed by atoms with Crippen LogP contribution in [0.25, 0.3) is 10.4 Å². The Labute approximate surface area is 167 Å². The van der Waals surface area contributed by atoms with Gasteiger partial charge >= 0.3 is 0 Å². The van der Waals surface area contributed by atoms with E-state index in [1.165, 1.54) is 23.9 Å². The van der Waals surface area contributed by atoms with E-state index < -0.39 is 10.0 Å². The molecule has 0 bridgehead atoms. The average Bonchev–Trinajstić information content (AvgIpc) is 3.25. The maximum absolute atomic E-state index is 12.8. The summed E-state index contributed by atoms with van der Waals surface area (Å²) in [6, 6.07) is 5.16. The second kappa shape index (κ2) is 8.39. The minimum atomic E-state index is -3.70. The lowest BCUT2D eigenvalue weighted by molar-refractivity contribution is 0.589. The predicted molar refractivity (Wildman–Crippen MR) is 109 cm³/mol. The molecule has 10 heteroatoms. The van der Waals surface area contributed by atoms with Gasteiger partial charge in [-0.25, -0.2) is 8.96 Å². The predicted octanol–water partition coefficient (Wildman–Crippen LogP) is 2.33. The molecule has 0 radical (unpaired) electrons. The minimum Gasteiger partial charge on any atom is -0.330 e. The first kappa shape index (κ1) is 21.4. The van der Waals surface area contributed by atoms with Gasteiger partial charge in [-0.05, 0) is 38.1 Å². The number of halogens is 1. The lowest BCUT2D eigenvalue weighted by atomic mass is 10.1. The molecule has 27 heavy (non-hydrogen) atoms. The molecule has 7 nitrogen and oxygen atoms in total. The fraction of sp³-hybridized carbons (Fsp3) is 0.294. The molecular weight excluding hydrogens is 408 g/mol. The van der Waals surface area contributed by atoms with Crippen LogP contribution in [-0.2, 0) is 22.9 Å². The Morgan fingerprint density at radius 2 is 2.07 bits per heavy atom. The summed E-state index contributed by atoms with van der Waals surface area (Å²) in [6.07, 6.45) is 3.91. The molecule has 0 spiro atoms. The molecule has 0 fully saturated rings. The summed E-state index contributed by atoms with van der Waals surface area (Å²) in [4.78, 5) is 19.6. The summed E-state index contributed by atoms with van der Waals surface area (Å²) in [6.45, 7) is 4.12. The largest absolute Gasteiger partial charge is 0.330 e. The first-order valence-corrected chi connectivity index (χ1v) is 10.4. The normalized spacial score (nSPS) is 11.4. The summed E-state index contributed by atoms with van der Waals surface area (Å²) in [5.41, 5.74) is 8.23. The van der Waals surface area contributed by atoms with Crippen molar-refractivity contribution in [3.8, 4) is 10.4 Å². The Morgan fingerprint density at radius 1 is 1.33 bits per heavy atom. The number of aromatic nitrogens is 3. The van der Waals surface area contributed by atoms with Crippen LogP contribution in [0, 0.1) is 6.92 Å². The lowest BCUT2D eigenvalue weighted by Gasteiger charge is -2.06. The van der Waals surface area contributed by atoms with E-state index in [1.807, 2.05) is 13.0 Å². The topological polar surface area (TPSA) is 111 Å². The number of hydrogen-bond donors (Lipinski definition) is 2. The van der Waals surface area contributed by atoms with Crippen molar-refractivity contribution in [2.45, 2.75) is 30.9 Å². The van der Waals surface area contributed by atoms with Crippen LogP contribution in [0.15, 0.2) is 39.7 Å².